The second-order valence-corrected chi connectivity index (χ2v) is 8.75. The Morgan fingerprint density at radius 1 is 1.15 bits per heavy atom. The van der Waals surface area contributed by atoms with E-state index in [1.165, 1.54) is 16.2 Å². The summed E-state index contributed by atoms with van der Waals surface area (Å²) in [6, 6.07) is 11.5. The molecule has 1 atom stereocenters. The molecule has 0 saturated carbocycles. The maximum atomic E-state index is 13.6. The third-order valence-electron chi connectivity index (χ3n) is 5.44. The monoisotopic (exact) mass is 475 g/mol. The molecule has 0 N–H and O–H groups in total. The highest BCUT2D eigenvalue weighted by atomic mass is 32.1. The second-order valence-electron chi connectivity index (χ2n) is 7.59. The van der Waals surface area contributed by atoms with Crippen molar-refractivity contribution in [2.75, 3.05) is 18.1 Å². The van der Waals surface area contributed by atoms with Crippen LogP contribution in [0.3, 0.4) is 0 Å². The molecule has 1 unspecified atom stereocenters. The largest absolute Gasteiger partial charge is 0.490 e. The van der Waals surface area contributed by atoms with Crippen LogP contribution in [0.2, 0.25) is 0 Å². The zero-order valence-electron chi connectivity index (χ0n) is 18.6. The lowest BCUT2D eigenvalue weighted by Gasteiger charge is -2.23. The van der Waals surface area contributed by atoms with Gasteiger partial charge in [0.2, 0.25) is 10.9 Å². The standard InChI is InChI=1S/C25H21N3O5S/c1-4-12-32-18-11-10-15(13-19(18)31-5-2)21-20-22(29)16-8-6-7-9-17(16)33-23(20)24(30)28(21)25-27-26-14(3)34-25/h4,6-11,13,21H,1,5,12H2,2-3H3. The Bertz CT molecular complexity index is 1480. The summed E-state index contributed by atoms with van der Waals surface area (Å²) in [5, 5.41) is 9.75. The number of rotatable bonds is 7. The number of carbonyl (C=O) groups is 1. The molecule has 1 aliphatic heterocycles. The smallest absolute Gasteiger partial charge is 0.297 e. The summed E-state index contributed by atoms with van der Waals surface area (Å²) in [6.07, 6.45) is 1.64. The molecular weight excluding hydrogens is 454 g/mol. The van der Waals surface area contributed by atoms with Crippen molar-refractivity contribution in [3.05, 3.63) is 87.2 Å². The molecule has 2 aromatic carbocycles. The summed E-state index contributed by atoms with van der Waals surface area (Å²) in [5.74, 6) is 0.607. The molecule has 0 spiro atoms. The van der Waals surface area contributed by atoms with Gasteiger partial charge in [-0.2, -0.15) is 0 Å². The van der Waals surface area contributed by atoms with Gasteiger partial charge in [-0.1, -0.05) is 42.2 Å². The number of amides is 1. The van der Waals surface area contributed by atoms with Crippen LogP contribution < -0.4 is 19.8 Å². The van der Waals surface area contributed by atoms with Gasteiger partial charge in [-0.3, -0.25) is 14.5 Å². The summed E-state index contributed by atoms with van der Waals surface area (Å²) in [5.41, 5.74) is 1.02. The third kappa shape index (κ3) is 3.54. The lowest BCUT2D eigenvalue weighted by molar-refractivity contribution is 0.0970. The Kier molecular flexibility index (Phi) is 5.62. The van der Waals surface area contributed by atoms with Crippen LogP contribution in [0.25, 0.3) is 11.0 Å². The van der Waals surface area contributed by atoms with Gasteiger partial charge in [-0.25, -0.2) is 0 Å². The fourth-order valence-electron chi connectivity index (χ4n) is 4.05. The van der Waals surface area contributed by atoms with E-state index in [0.29, 0.717) is 51.4 Å². The molecule has 0 saturated heterocycles. The minimum atomic E-state index is -0.761. The van der Waals surface area contributed by atoms with E-state index in [2.05, 4.69) is 16.8 Å². The van der Waals surface area contributed by atoms with Crippen molar-refractivity contribution in [3.8, 4) is 11.5 Å². The molecule has 0 bridgehead atoms. The van der Waals surface area contributed by atoms with Gasteiger partial charge in [0.15, 0.2) is 16.9 Å². The van der Waals surface area contributed by atoms with Gasteiger partial charge >= 0.3 is 0 Å². The highest BCUT2D eigenvalue weighted by Gasteiger charge is 2.45. The normalized spacial score (nSPS) is 14.9. The van der Waals surface area contributed by atoms with Crippen LogP contribution in [0.5, 0.6) is 11.5 Å². The molecule has 1 amide bonds. The Morgan fingerprint density at radius 2 is 1.97 bits per heavy atom. The van der Waals surface area contributed by atoms with Gasteiger partial charge < -0.3 is 13.9 Å². The van der Waals surface area contributed by atoms with E-state index in [0.717, 1.165) is 0 Å². The van der Waals surface area contributed by atoms with Gasteiger partial charge in [-0.05, 0) is 43.7 Å². The van der Waals surface area contributed by atoms with Crippen molar-refractivity contribution < 1.29 is 18.7 Å². The fraction of sp³-hybridized carbons (Fsp3) is 0.200. The lowest BCUT2D eigenvalue weighted by Crippen LogP contribution is -2.29. The number of ether oxygens (including phenoxy) is 2. The Balaban J connectivity index is 1.74. The maximum absolute atomic E-state index is 13.6. The number of fused-ring (bicyclic) bond motifs is 2. The molecule has 0 fully saturated rings. The minimum Gasteiger partial charge on any atom is -0.490 e. The minimum absolute atomic E-state index is 0.00602. The molecule has 9 heteroatoms. The third-order valence-corrected chi connectivity index (χ3v) is 6.28. The van der Waals surface area contributed by atoms with Crippen LogP contribution >= 0.6 is 11.3 Å². The predicted molar refractivity (Wildman–Crippen MR) is 129 cm³/mol. The highest BCUT2D eigenvalue weighted by Crippen LogP contribution is 2.44. The molecule has 4 aromatic rings. The van der Waals surface area contributed by atoms with E-state index in [9.17, 15) is 9.59 Å². The van der Waals surface area contributed by atoms with E-state index in [1.807, 2.05) is 13.0 Å². The van der Waals surface area contributed by atoms with Crippen LogP contribution in [0.4, 0.5) is 5.13 Å². The maximum Gasteiger partial charge on any atom is 0.297 e. The fourth-order valence-corrected chi connectivity index (χ4v) is 4.76. The summed E-state index contributed by atoms with van der Waals surface area (Å²) in [7, 11) is 0. The SMILES string of the molecule is C=CCOc1ccc(C2c3c(oc4ccccc4c3=O)C(=O)N2c2nnc(C)s2)cc1OCC. The highest BCUT2D eigenvalue weighted by molar-refractivity contribution is 7.15. The number of carbonyl (C=O) groups excluding carboxylic acids is 1. The van der Waals surface area contributed by atoms with Crippen molar-refractivity contribution in [1.82, 2.24) is 10.2 Å². The van der Waals surface area contributed by atoms with Gasteiger partial charge in [0, 0.05) is 0 Å². The average Bonchev–Trinajstić information content (AvgIpc) is 3.39. The van der Waals surface area contributed by atoms with Crippen molar-refractivity contribution in [3.63, 3.8) is 0 Å². The molecule has 1 aliphatic rings. The first-order valence-electron chi connectivity index (χ1n) is 10.7. The average molecular weight is 476 g/mol. The van der Waals surface area contributed by atoms with Crippen molar-refractivity contribution >= 4 is 33.3 Å². The van der Waals surface area contributed by atoms with Gasteiger partial charge in [0.05, 0.1) is 23.6 Å². The first-order valence-corrected chi connectivity index (χ1v) is 11.5. The van der Waals surface area contributed by atoms with Crippen LogP contribution in [-0.2, 0) is 0 Å². The zero-order valence-corrected chi connectivity index (χ0v) is 19.4. The first-order chi connectivity index (χ1) is 16.5. The Hall–Kier alpha value is -3.98. The van der Waals surface area contributed by atoms with E-state index in [-0.39, 0.29) is 16.8 Å². The van der Waals surface area contributed by atoms with Gasteiger partial charge in [-0.15, -0.1) is 10.2 Å². The summed E-state index contributed by atoms with van der Waals surface area (Å²) >= 11 is 1.27. The molecule has 172 valence electrons. The topological polar surface area (TPSA) is 94.8 Å². The van der Waals surface area contributed by atoms with Gasteiger partial charge in [0.25, 0.3) is 5.91 Å². The van der Waals surface area contributed by atoms with Crippen molar-refractivity contribution in [1.29, 1.82) is 0 Å². The van der Waals surface area contributed by atoms with E-state index in [1.54, 1.807) is 49.4 Å². The number of hydrogen-bond donors (Lipinski definition) is 0. The summed E-state index contributed by atoms with van der Waals surface area (Å²) in [6.45, 7) is 8.09. The predicted octanol–water partition coefficient (Wildman–Crippen LogP) is 4.67. The molecular formula is C25H21N3O5S. The van der Waals surface area contributed by atoms with Crippen LogP contribution in [0.1, 0.15) is 39.7 Å². The summed E-state index contributed by atoms with van der Waals surface area (Å²) in [4.78, 5) is 28.6. The number of aromatic nitrogens is 2. The molecule has 0 radical (unpaired) electrons. The zero-order chi connectivity index (χ0) is 23.8. The van der Waals surface area contributed by atoms with E-state index in [4.69, 9.17) is 13.9 Å². The Morgan fingerprint density at radius 3 is 2.71 bits per heavy atom. The number of benzene rings is 2. The molecule has 3 heterocycles. The summed E-state index contributed by atoms with van der Waals surface area (Å²) < 4.78 is 17.5. The van der Waals surface area contributed by atoms with Crippen molar-refractivity contribution in [2.24, 2.45) is 0 Å². The van der Waals surface area contributed by atoms with Crippen LogP contribution in [0.15, 0.2) is 64.3 Å². The number of hydrogen-bond acceptors (Lipinski definition) is 8. The molecule has 0 aliphatic carbocycles. The number of para-hydroxylation sites is 1. The van der Waals surface area contributed by atoms with Crippen molar-refractivity contribution in [2.45, 2.75) is 19.9 Å². The molecule has 8 nitrogen and oxygen atoms in total. The number of nitrogens with zero attached hydrogens (tertiary/aromatic N) is 3. The first kappa shape index (κ1) is 21.8. The van der Waals surface area contributed by atoms with Crippen LogP contribution in [0, 0.1) is 6.92 Å². The van der Waals surface area contributed by atoms with E-state index < -0.39 is 11.9 Å². The molecule has 5 rings (SSSR count). The van der Waals surface area contributed by atoms with E-state index >= 15 is 0 Å². The molecule has 34 heavy (non-hydrogen) atoms. The lowest BCUT2D eigenvalue weighted by atomic mass is 9.98. The number of anilines is 1. The van der Waals surface area contributed by atoms with Crippen LogP contribution in [-0.4, -0.2) is 29.3 Å². The van der Waals surface area contributed by atoms with Gasteiger partial charge in [0.1, 0.15) is 17.2 Å². The number of aryl methyl sites for hydroxylation is 1. The second kappa shape index (κ2) is 8.75. The Labute approximate surface area is 199 Å². The molecule has 2 aromatic heterocycles. The quantitative estimate of drug-likeness (QED) is 0.359.